The second-order valence-corrected chi connectivity index (χ2v) is 7.81. The van der Waals surface area contributed by atoms with E-state index in [9.17, 15) is 0 Å². The van der Waals surface area contributed by atoms with Crippen LogP contribution in [0.5, 0.6) is 0 Å². The van der Waals surface area contributed by atoms with Crippen LogP contribution >= 0.6 is 0 Å². The molecule has 108 valence electrons. The summed E-state index contributed by atoms with van der Waals surface area (Å²) < 4.78 is 16.4. The number of benzene rings is 1. The largest absolute Gasteiger partial charge is 0.500 e. The Morgan fingerprint density at radius 1 is 1.00 bits per heavy atom. The van der Waals surface area contributed by atoms with Gasteiger partial charge >= 0.3 is 8.80 Å². The summed E-state index contributed by atoms with van der Waals surface area (Å²) in [4.78, 5) is 2.22. The molecule has 0 saturated carbocycles. The van der Waals surface area contributed by atoms with E-state index < -0.39 is 8.80 Å². The van der Waals surface area contributed by atoms with Gasteiger partial charge in [0.2, 0.25) is 0 Å². The molecule has 0 saturated heterocycles. The number of nitrogens with zero attached hydrogens (tertiary/aromatic N) is 1. The van der Waals surface area contributed by atoms with Crippen molar-refractivity contribution in [2.75, 3.05) is 35.4 Å². The molecule has 0 aliphatic heterocycles. The van der Waals surface area contributed by atoms with Gasteiger partial charge in [0.05, 0.1) is 0 Å². The molecule has 0 bridgehead atoms. The minimum atomic E-state index is -2.49. The lowest BCUT2D eigenvalue weighted by atomic mass is 10.0. The highest BCUT2D eigenvalue weighted by Crippen LogP contribution is 2.27. The zero-order chi connectivity index (χ0) is 14.3. The molecule has 5 heteroatoms. The van der Waals surface area contributed by atoms with Crippen LogP contribution in [0.4, 0.5) is 0 Å². The van der Waals surface area contributed by atoms with Crippen LogP contribution in [0.2, 0.25) is 6.04 Å². The van der Waals surface area contributed by atoms with Crippen molar-refractivity contribution in [1.29, 1.82) is 0 Å². The Balaban J connectivity index is 2.76. The van der Waals surface area contributed by atoms with Crippen LogP contribution in [0.1, 0.15) is 18.0 Å². The Hall–Kier alpha value is -0.723. The van der Waals surface area contributed by atoms with Crippen LogP contribution in [0.15, 0.2) is 30.3 Å². The summed E-state index contributed by atoms with van der Waals surface area (Å²) in [7, 11) is 6.67. The molecule has 0 aliphatic rings. The lowest BCUT2D eigenvalue weighted by molar-refractivity contribution is 0.119. The van der Waals surface area contributed by atoms with Crippen LogP contribution < -0.4 is 0 Å². The molecular weight excluding hydrogens is 258 g/mol. The average molecular weight is 283 g/mol. The summed E-state index contributed by atoms with van der Waals surface area (Å²) in [5.74, 6) is 0. The molecule has 19 heavy (non-hydrogen) atoms. The van der Waals surface area contributed by atoms with E-state index in [1.807, 2.05) is 6.07 Å². The van der Waals surface area contributed by atoms with Crippen molar-refractivity contribution in [2.24, 2.45) is 0 Å². The van der Waals surface area contributed by atoms with Crippen molar-refractivity contribution in [3.63, 3.8) is 0 Å². The van der Waals surface area contributed by atoms with Gasteiger partial charge in [0.1, 0.15) is 0 Å². The van der Waals surface area contributed by atoms with Crippen LogP contribution in [0, 0.1) is 0 Å². The quantitative estimate of drug-likeness (QED) is 0.686. The fraction of sp³-hybridized carbons (Fsp3) is 0.571. The maximum absolute atomic E-state index is 5.48. The topological polar surface area (TPSA) is 30.9 Å². The van der Waals surface area contributed by atoms with Crippen molar-refractivity contribution in [3.8, 4) is 0 Å². The molecule has 1 unspecified atom stereocenters. The number of hydrogen-bond acceptors (Lipinski definition) is 4. The van der Waals surface area contributed by atoms with E-state index in [0.717, 1.165) is 12.5 Å². The minimum Gasteiger partial charge on any atom is -0.377 e. The van der Waals surface area contributed by atoms with Gasteiger partial charge in [-0.15, -0.1) is 0 Å². The van der Waals surface area contributed by atoms with E-state index in [4.69, 9.17) is 13.3 Å². The first-order valence-electron chi connectivity index (χ1n) is 6.45. The zero-order valence-electron chi connectivity index (χ0n) is 12.6. The van der Waals surface area contributed by atoms with Crippen LogP contribution in [0.3, 0.4) is 0 Å². The third-order valence-electron chi connectivity index (χ3n) is 3.46. The van der Waals surface area contributed by atoms with Crippen molar-refractivity contribution in [3.05, 3.63) is 35.9 Å². The van der Waals surface area contributed by atoms with Gasteiger partial charge in [0, 0.05) is 33.4 Å². The summed E-state index contributed by atoms with van der Waals surface area (Å²) in [5.41, 5.74) is 1.30. The molecule has 0 fully saturated rings. The molecule has 0 N–H and O–H groups in total. The van der Waals surface area contributed by atoms with Crippen LogP contribution in [0.25, 0.3) is 0 Å². The number of hydrogen-bond donors (Lipinski definition) is 0. The predicted octanol–water partition coefficient (Wildman–Crippen LogP) is 2.56. The molecule has 1 aromatic carbocycles. The lowest BCUT2D eigenvalue weighted by Crippen LogP contribution is -2.43. The first kappa shape index (κ1) is 16.3. The summed E-state index contributed by atoms with van der Waals surface area (Å²) in [5, 5.41) is 0. The summed E-state index contributed by atoms with van der Waals surface area (Å²) in [6.07, 6.45) is 0.943. The maximum Gasteiger partial charge on any atom is 0.500 e. The highest BCUT2D eigenvalue weighted by molar-refractivity contribution is 6.60. The van der Waals surface area contributed by atoms with Gasteiger partial charge in [-0.1, -0.05) is 30.3 Å². The minimum absolute atomic E-state index is 0.341. The second-order valence-electron chi connectivity index (χ2n) is 4.72. The summed E-state index contributed by atoms with van der Waals surface area (Å²) in [6, 6.07) is 11.6. The Morgan fingerprint density at radius 2 is 1.53 bits per heavy atom. The van der Waals surface area contributed by atoms with E-state index in [1.54, 1.807) is 21.3 Å². The molecule has 0 heterocycles. The average Bonchev–Trinajstić information content (AvgIpc) is 2.45. The molecule has 0 aromatic heterocycles. The normalized spacial score (nSPS) is 13.8. The Morgan fingerprint density at radius 3 is 1.95 bits per heavy atom. The van der Waals surface area contributed by atoms with Crippen molar-refractivity contribution in [2.45, 2.75) is 18.5 Å². The van der Waals surface area contributed by atoms with E-state index in [0.29, 0.717) is 6.04 Å². The number of rotatable bonds is 8. The first-order chi connectivity index (χ1) is 9.08. The van der Waals surface area contributed by atoms with E-state index >= 15 is 0 Å². The van der Waals surface area contributed by atoms with Gasteiger partial charge in [-0.3, -0.25) is 0 Å². The van der Waals surface area contributed by atoms with Gasteiger partial charge < -0.3 is 18.2 Å². The molecule has 0 spiro atoms. The van der Waals surface area contributed by atoms with Gasteiger partial charge in [-0.2, -0.15) is 0 Å². The fourth-order valence-corrected chi connectivity index (χ4v) is 4.01. The van der Waals surface area contributed by atoms with Gasteiger partial charge in [0.25, 0.3) is 0 Å². The predicted molar refractivity (Wildman–Crippen MR) is 79.1 cm³/mol. The second kappa shape index (κ2) is 7.77. The van der Waals surface area contributed by atoms with Crippen LogP contribution in [-0.2, 0) is 13.3 Å². The van der Waals surface area contributed by atoms with Gasteiger partial charge in [-0.25, -0.2) is 0 Å². The first-order valence-corrected chi connectivity index (χ1v) is 8.38. The van der Waals surface area contributed by atoms with E-state index in [2.05, 4.69) is 43.3 Å². The van der Waals surface area contributed by atoms with Crippen molar-refractivity contribution >= 4 is 8.80 Å². The monoisotopic (exact) mass is 283 g/mol. The van der Waals surface area contributed by atoms with Gasteiger partial charge in [-0.05, 0) is 26.1 Å². The molecule has 1 atom stereocenters. The zero-order valence-corrected chi connectivity index (χ0v) is 13.6. The molecule has 4 nitrogen and oxygen atoms in total. The molecule has 0 radical (unpaired) electrons. The smallest absolute Gasteiger partial charge is 0.377 e. The Labute approximate surface area is 117 Å². The Bertz CT molecular complexity index is 347. The third kappa shape index (κ3) is 4.40. The SMILES string of the molecule is CO[Si](CCC(c1ccccc1)N(C)C)(OC)OC. The molecule has 1 rings (SSSR count). The maximum atomic E-state index is 5.48. The highest BCUT2D eigenvalue weighted by atomic mass is 28.4. The van der Waals surface area contributed by atoms with E-state index in [1.165, 1.54) is 5.56 Å². The Kier molecular flexibility index (Phi) is 6.68. The summed E-state index contributed by atoms with van der Waals surface area (Å²) in [6.45, 7) is 0. The van der Waals surface area contributed by atoms with Crippen molar-refractivity contribution < 1.29 is 13.3 Å². The molecule has 0 amide bonds. The standard InChI is InChI=1S/C14H25NO3Si/c1-15(2)14(13-9-7-6-8-10-13)11-12-19(16-3,17-4)18-5/h6-10,14H,11-12H2,1-5H3. The fourth-order valence-electron chi connectivity index (χ4n) is 2.27. The molecular formula is C14H25NO3Si. The third-order valence-corrected chi connectivity index (χ3v) is 6.23. The highest BCUT2D eigenvalue weighted by Gasteiger charge is 2.38. The van der Waals surface area contributed by atoms with Crippen LogP contribution in [-0.4, -0.2) is 49.1 Å². The van der Waals surface area contributed by atoms with E-state index in [-0.39, 0.29) is 0 Å². The lowest BCUT2D eigenvalue weighted by Gasteiger charge is -2.29. The van der Waals surface area contributed by atoms with Gasteiger partial charge in [0.15, 0.2) is 0 Å². The van der Waals surface area contributed by atoms with Crippen molar-refractivity contribution in [1.82, 2.24) is 4.90 Å². The molecule has 1 aromatic rings. The molecule has 0 aliphatic carbocycles. The summed E-state index contributed by atoms with van der Waals surface area (Å²) >= 11 is 0.